The SMILES string of the molecule is c1ccc2c(-c3ccc(N(c4ccc5c(c4)sc4ccc6ccccc6c45)c4cccc5oc6ccccc6c45)cc3)cccc2c1. The van der Waals surface area contributed by atoms with Crippen LogP contribution in [0.5, 0.6) is 0 Å². The van der Waals surface area contributed by atoms with Crippen molar-refractivity contribution in [3.63, 3.8) is 0 Å². The molecule has 0 amide bonds. The van der Waals surface area contributed by atoms with Crippen LogP contribution in [0.15, 0.2) is 168 Å². The molecule has 3 heteroatoms. The van der Waals surface area contributed by atoms with Crippen molar-refractivity contribution in [3.8, 4) is 11.1 Å². The highest BCUT2D eigenvalue weighted by atomic mass is 32.1. The first-order valence-electron chi connectivity index (χ1n) is 15.9. The molecule has 0 saturated carbocycles. The fraction of sp³-hybridized carbons (Fsp3) is 0. The lowest BCUT2D eigenvalue weighted by Crippen LogP contribution is -2.10. The number of nitrogens with zero attached hydrogens (tertiary/aromatic N) is 1. The van der Waals surface area contributed by atoms with E-state index < -0.39 is 0 Å². The molecule has 0 fully saturated rings. The molecule has 0 radical (unpaired) electrons. The molecular formula is C44H27NOS. The Labute approximate surface area is 275 Å². The first kappa shape index (κ1) is 26.3. The molecule has 0 atom stereocenters. The van der Waals surface area contributed by atoms with Crippen LogP contribution in [0.2, 0.25) is 0 Å². The molecule has 0 aliphatic heterocycles. The number of fused-ring (bicyclic) bond motifs is 9. The molecule has 2 nitrogen and oxygen atoms in total. The fourth-order valence-electron chi connectivity index (χ4n) is 7.31. The van der Waals surface area contributed by atoms with Gasteiger partial charge in [-0.25, -0.2) is 0 Å². The maximum atomic E-state index is 6.36. The molecule has 0 unspecified atom stereocenters. The first-order valence-corrected chi connectivity index (χ1v) is 16.7. The molecule has 0 aliphatic rings. The summed E-state index contributed by atoms with van der Waals surface area (Å²) in [6.07, 6.45) is 0. The van der Waals surface area contributed by atoms with Gasteiger partial charge in [-0.05, 0) is 81.2 Å². The molecule has 10 aromatic rings. The summed E-state index contributed by atoms with van der Waals surface area (Å²) in [4.78, 5) is 2.39. The maximum Gasteiger partial charge on any atom is 0.137 e. The fourth-order valence-corrected chi connectivity index (χ4v) is 8.47. The Kier molecular flexibility index (Phi) is 5.78. The van der Waals surface area contributed by atoms with Crippen LogP contribution < -0.4 is 4.90 Å². The third kappa shape index (κ3) is 4.10. The monoisotopic (exact) mass is 617 g/mol. The smallest absolute Gasteiger partial charge is 0.137 e. The zero-order chi connectivity index (χ0) is 30.9. The van der Waals surface area contributed by atoms with Gasteiger partial charge in [0.15, 0.2) is 0 Å². The highest BCUT2D eigenvalue weighted by Gasteiger charge is 2.20. The second-order valence-corrected chi connectivity index (χ2v) is 13.2. The van der Waals surface area contributed by atoms with Crippen LogP contribution >= 0.6 is 11.3 Å². The van der Waals surface area contributed by atoms with Crippen molar-refractivity contribution in [2.75, 3.05) is 4.90 Å². The Morgan fingerprint density at radius 1 is 0.426 bits per heavy atom. The van der Waals surface area contributed by atoms with E-state index in [0.29, 0.717) is 0 Å². The van der Waals surface area contributed by atoms with Crippen LogP contribution in [-0.2, 0) is 0 Å². The lowest BCUT2D eigenvalue weighted by molar-refractivity contribution is 0.669. The van der Waals surface area contributed by atoms with Crippen LogP contribution in [0.3, 0.4) is 0 Å². The summed E-state index contributed by atoms with van der Waals surface area (Å²) < 4.78 is 8.94. The number of rotatable bonds is 4. The lowest BCUT2D eigenvalue weighted by Gasteiger charge is -2.26. The van der Waals surface area contributed by atoms with E-state index in [9.17, 15) is 0 Å². The van der Waals surface area contributed by atoms with Gasteiger partial charge >= 0.3 is 0 Å². The molecule has 0 bridgehead atoms. The number of furan rings is 1. The van der Waals surface area contributed by atoms with Gasteiger partial charge in [0.2, 0.25) is 0 Å². The number of para-hydroxylation sites is 1. The van der Waals surface area contributed by atoms with Gasteiger partial charge in [0.1, 0.15) is 11.2 Å². The molecule has 10 rings (SSSR count). The average Bonchev–Trinajstić information content (AvgIpc) is 3.71. The highest BCUT2D eigenvalue weighted by molar-refractivity contribution is 7.26. The van der Waals surface area contributed by atoms with Crippen molar-refractivity contribution in [1.29, 1.82) is 0 Å². The lowest BCUT2D eigenvalue weighted by atomic mass is 9.98. The third-order valence-corrected chi connectivity index (χ3v) is 10.6. The van der Waals surface area contributed by atoms with Gasteiger partial charge in [-0.3, -0.25) is 0 Å². The summed E-state index contributed by atoms with van der Waals surface area (Å²) in [5.74, 6) is 0. The topological polar surface area (TPSA) is 16.4 Å². The van der Waals surface area contributed by atoms with Crippen molar-refractivity contribution < 1.29 is 4.42 Å². The van der Waals surface area contributed by atoms with Gasteiger partial charge in [0.25, 0.3) is 0 Å². The second-order valence-electron chi connectivity index (χ2n) is 12.1. The molecule has 0 N–H and O–H groups in total. The van der Waals surface area contributed by atoms with Crippen LogP contribution in [0.25, 0.3) is 74.8 Å². The van der Waals surface area contributed by atoms with Crippen LogP contribution in [0.4, 0.5) is 17.1 Å². The van der Waals surface area contributed by atoms with E-state index >= 15 is 0 Å². The van der Waals surface area contributed by atoms with Crippen molar-refractivity contribution in [1.82, 2.24) is 0 Å². The summed E-state index contributed by atoms with van der Waals surface area (Å²) in [6.45, 7) is 0. The van der Waals surface area contributed by atoms with Gasteiger partial charge in [0.05, 0.1) is 11.1 Å². The van der Waals surface area contributed by atoms with Crippen molar-refractivity contribution in [2.24, 2.45) is 0 Å². The van der Waals surface area contributed by atoms with E-state index in [1.165, 1.54) is 52.8 Å². The summed E-state index contributed by atoms with van der Waals surface area (Å²) >= 11 is 1.86. The molecule has 220 valence electrons. The van der Waals surface area contributed by atoms with Gasteiger partial charge in [0, 0.05) is 36.9 Å². The van der Waals surface area contributed by atoms with Gasteiger partial charge in [-0.15, -0.1) is 11.3 Å². The Morgan fingerprint density at radius 3 is 1.98 bits per heavy atom. The van der Waals surface area contributed by atoms with Gasteiger partial charge < -0.3 is 9.32 Å². The molecule has 2 heterocycles. The second kappa shape index (κ2) is 10.3. The standard InChI is InChI=1S/C44H27NOS/c1-3-12-33-28(9-1)11-7-15-34(33)30-19-22-31(23-20-30)45(38-16-8-18-40-44(38)36-14-5-6-17-39(36)46-40)32-24-25-37-42(27-32)47-41-26-21-29-10-2-4-13-35(29)43(37)41/h1-27H. The van der Waals surface area contributed by atoms with Crippen molar-refractivity contribution >= 4 is 92.1 Å². The Balaban J connectivity index is 1.20. The first-order chi connectivity index (χ1) is 23.3. The minimum atomic E-state index is 0.885. The van der Waals surface area contributed by atoms with Crippen LogP contribution in [0, 0.1) is 0 Å². The highest BCUT2D eigenvalue weighted by Crippen LogP contribution is 2.46. The van der Waals surface area contributed by atoms with E-state index in [0.717, 1.165) is 39.0 Å². The third-order valence-electron chi connectivity index (χ3n) is 9.45. The number of hydrogen-bond donors (Lipinski definition) is 0. The largest absolute Gasteiger partial charge is 0.456 e. The predicted molar refractivity (Wildman–Crippen MR) is 202 cm³/mol. The summed E-state index contributed by atoms with van der Waals surface area (Å²) in [5, 5.41) is 9.95. The molecule has 2 aromatic heterocycles. The molecule has 8 aromatic carbocycles. The van der Waals surface area contributed by atoms with Crippen LogP contribution in [-0.4, -0.2) is 0 Å². The summed E-state index contributed by atoms with van der Waals surface area (Å²) in [7, 11) is 0. The minimum Gasteiger partial charge on any atom is -0.456 e. The zero-order valence-electron chi connectivity index (χ0n) is 25.4. The predicted octanol–water partition coefficient (Wildman–Crippen LogP) is 13.4. The van der Waals surface area contributed by atoms with Gasteiger partial charge in [-0.1, -0.05) is 115 Å². The van der Waals surface area contributed by atoms with Crippen molar-refractivity contribution in [3.05, 3.63) is 164 Å². The number of thiophene rings is 1. The molecule has 47 heavy (non-hydrogen) atoms. The van der Waals surface area contributed by atoms with Gasteiger partial charge in [-0.2, -0.15) is 0 Å². The molecular weight excluding hydrogens is 591 g/mol. The van der Waals surface area contributed by atoms with E-state index in [4.69, 9.17) is 4.42 Å². The minimum absolute atomic E-state index is 0.885. The van der Waals surface area contributed by atoms with E-state index in [2.05, 4.69) is 163 Å². The number of benzene rings is 8. The average molecular weight is 618 g/mol. The zero-order valence-corrected chi connectivity index (χ0v) is 26.2. The Morgan fingerprint density at radius 2 is 1.11 bits per heavy atom. The maximum absolute atomic E-state index is 6.36. The number of hydrogen-bond acceptors (Lipinski definition) is 3. The quantitative estimate of drug-likeness (QED) is 0.195. The molecule has 0 aliphatic carbocycles. The Hall–Kier alpha value is -5.90. The molecule has 0 spiro atoms. The number of anilines is 3. The van der Waals surface area contributed by atoms with E-state index in [1.807, 2.05) is 17.4 Å². The summed E-state index contributed by atoms with van der Waals surface area (Å²) in [5.41, 5.74) is 7.52. The van der Waals surface area contributed by atoms with Crippen molar-refractivity contribution in [2.45, 2.75) is 0 Å². The van der Waals surface area contributed by atoms with E-state index in [-0.39, 0.29) is 0 Å². The normalized spacial score (nSPS) is 11.8. The van der Waals surface area contributed by atoms with E-state index in [1.54, 1.807) is 0 Å². The summed E-state index contributed by atoms with van der Waals surface area (Å²) in [6, 6.07) is 59.0. The van der Waals surface area contributed by atoms with Crippen LogP contribution in [0.1, 0.15) is 0 Å². The molecule has 0 saturated heterocycles. The Bertz CT molecular complexity index is 2800.